The zero-order valence-corrected chi connectivity index (χ0v) is 23.3. The highest BCUT2D eigenvalue weighted by molar-refractivity contribution is 6.34. The normalized spacial score (nSPS) is 11.0. The van der Waals surface area contributed by atoms with Crippen molar-refractivity contribution < 1.29 is 23.8 Å². The lowest BCUT2D eigenvalue weighted by Crippen LogP contribution is -2.19. The second-order valence-electron chi connectivity index (χ2n) is 9.13. The van der Waals surface area contributed by atoms with Crippen LogP contribution in [0.15, 0.2) is 90.0 Å². The van der Waals surface area contributed by atoms with Crippen molar-refractivity contribution in [2.75, 3.05) is 14.2 Å². The minimum atomic E-state index is -0.539. The third-order valence-electron chi connectivity index (χ3n) is 6.42. The maximum absolute atomic E-state index is 13.3. The van der Waals surface area contributed by atoms with Crippen LogP contribution < -0.4 is 19.6 Å². The molecule has 0 saturated carbocycles. The number of aryl methyl sites for hydroxylation is 1. The number of H-pyrrole nitrogens is 1. The van der Waals surface area contributed by atoms with E-state index in [2.05, 4.69) is 15.5 Å². The average Bonchev–Trinajstić information content (AvgIpc) is 3.36. The SMILES string of the molecule is COc1ccc(C(=O)Oc2ccc(C=NNC(=O)c3[nH]c4ccc(C)cc4c3-c3ccccc3Cl)cc2OC)cc1. The Morgan fingerprint density at radius 2 is 1.68 bits per heavy atom. The quantitative estimate of drug-likeness (QED) is 0.0929. The van der Waals surface area contributed by atoms with E-state index >= 15 is 0 Å². The van der Waals surface area contributed by atoms with Gasteiger partial charge in [0.05, 0.1) is 26.0 Å². The predicted octanol–water partition coefficient (Wildman–Crippen LogP) is 6.80. The number of aromatic amines is 1. The summed E-state index contributed by atoms with van der Waals surface area (Å²) in [6, 6.07) is 24.8. The number of aromatic nitrogens is 1. The summed E-state index contributed by atoms with van der Waals surface area (Å²) < 4.78 is 16.1. The van der Waals surface area contributed by atoms with E-state index in [1.165, 1.54) is 13.3 Å². The molecule has 0 aliphatic heterocycles. The van der Waals surface area contributed by atoms with Gasteiger partial charge in [-0.15, -0.1) is 0 Å². The van der Waals surface area contributed by atoms with Gasteiger partial charge in [0.2, 0.25) is 0 Å². The molecule has 0 radical (unpaired) electrons. The van der Waals surface area contributed by atoms with Crippen LogP contribution in [0.4, 0.5) is 0 Å². The molecule has 9 heteroatoms. The van der Waals surface area contributed by atoms with E-state index in [1.807, 2.05) is 43.3 Å². The van der Waals surface area contributed by atoms with Crippen molar-refractivity contribution in [2.45, 2.75) is 6.92 Å². The van der Waals surface area contributed by atoms with Crippen LogP contribution >= 0.6 is 11.6 Å². The number of hydrogen-bond acceptors (Lipinski definition) is 6. The zero-order valence-electron chi connectivity index (χ0n) is 22.5. The summed E-state index contributed by atoms with van der Waals surface area (Å²) in [6.07, 6.45) is 1.47. The first-order valence-corrected chi connectivity index (χ1v) is 13.0. The van der Waals surface area contributed by atoms with Gasteiger partial charge < -0.3 is 19.2 Å². The summed E-state index contributed by atoms with van der Waals surface area (Å²) in [5.41, 5.74) is 7.22. The summed E-state index contributed by atoms with van der Waals surface area (Å²) in [5.74, 6) is 0.237. The van der Waals surface area contributed by atoms with Crippen molar-refractivity contribution in [3.63, 3.8) is 0 Å². The van der Waals surface area contributed by atoms with Crippen LogP contribution in [0, 0.1) is 6.92 Å². The fraction of sp³-hybridized carbons (Fsp3) is 0.0938. The third-order valence-corrected chi connectivity index (χ3v) is 6.75. The summed E-state index contributed by atoms with van der Waals surface area (Å²) in [6.45, 7) is 1.99. The van der Waals surface area contributed by atoms with Gasteiger partial charge in [-0.05, 0) is 73.2 Å². The third kappa shape index (κ3) is 5.92. The second-order valence-corrected chi connectivity index (χ2v) is 9.54. The Morgan fingerprint density at radius 3 is 2.41 bits per heavy atom. The first-order chi connectivity index (χ1) is 19.9. The summed E-state index contributed by atoms with van der Waals surface area (Å²) >= 11 is 6.51. The Morgan fingerprint density at radius 1 is 0.902 bits per heavy atom. The molecule has 5 rings (SSSR count). The molecule has 5 aromatic rings. The molecule has 0 unspecified atom stereocenters. The highest BCUT2D eigenvalue weighted by atomic mass is 35.5. The Kier molecular flexibility index (Phi) is 8.03. The monoisotopic (exact) mass is 567 g/mol. The Hall–Kier alpha value is -5.08. The number of nitrogens with one attached hydrogen (secondary N) is 2. The number of hydrogen-bond donors (Lipinski definition) is 2. The van der Waals surface area contributed by atoms with Crippen LogP contribution in [0.5, 0.6) is 17.2 Å². The first-order valence-electron chi connectivity index (χ1n) is 12.6. The molecular formula is C32H26ClN3O5. The number of rotatable bonds is 8. The average molecular weight is 568 g/mol. The highest BCUT2D eigenvalue weighted by Crippen LogP contribution is 2.37. The van der Waals surface area contributed by atoms with E-state index in [4.69, 9.17) is 25.8 Å². The molecular weight excluding hydrogens is 542 g/mol. The fourth-order valence-electron chi connectivity index (χ4n) is 4.38. The number of methoxy groups -OCH3 is 2. The Balaban J connectivity index is 1.35. The lowest BCUT2D eigenvalue weighted by Gasteiger charge is -2.10. The molecule has 4 aromatic carbocycles. The maximum Gasteiger partial charge on any atom is 0.343 e. The molecule has 206 valence electrons. The molecule has 1 heterocycles. The number of ether oxygens (including phenoxy) is 3. The predicted molar refractivity (Wildman–Crippen MR) is 159 cm³/mol. The Labute approximate surface area is 241 Å². The van der Waals surface area contributed by atoms with Gasteiger partial charge in [0, 0.05) is 27.1 Å². The van der Waals surface area contributed by atoms with Crippen LogP contribution in [0.2, 0.25) is 5.02 Å². The Bertz CT molecular complexity index is 1780. The number of benzene rings is 4. The van der Waals surface area contributed by atoms with Gasteiger partial charge in [-0.25, -0.2) is 10.2 Å². The lowest BCUT2D eigenvalue weighted by atomic mass is 10.0. The molecule has 0 spiro atoms. The minimum absolute atomic E-state index is 0.243. The molecule has 8 nitrogen and oxygen atoms in total. The van der Waals surface area contributed by atoms with E-state index in [0.717, 1.165) is 22.0 Å². The number of carbonyl (C=O) groups excluding carboxylic acids is 2. The number of fused-ring (bicyclic) bond motifs is 1. The van der Waals surface area contributed by atoms with Crippen LogP contribution in [-0.2, 0) is 0 Å². The van der Waals surface area contributed by atoms with E-state index in [-0.39, 0.29) is 5.75 Å². The van der Waals surface area contributed by atoms with Crippen molar-refractivity contribution in [3.05, 3.63) is 112 Å². The van der Waals surface area contributed by atoms with Crippen molar-refractivity contribution in [3.8, 4) is 28.4 Å². The first kappa shape index (κ1) is 27.5. The fourth-order valence-corrected chi connectivity index (χ4v) is 4.61. The van der Waals surface area contributed by atoms with Crippen molar-refractivity contribution in [1.29, 1.82) is 0 Å². The van der Waals surface area contributed by atoms with E-state index in [9.17, 15) is 9.59 Å². The summed E-state index contributed by atoms with van der Waals surface area (Å²) in [4.78, 5) is 29.1. The van der Waals surface area contributed by atoms with Crippen LogP contribution in [-0.4, -0.2) is 37.3 Å². The number of carbonyl (C=O) groups is 2. The van der Waals surface area contributed by atoms with Crippen molar-refractivity contribution >= 4 is 40.6 Å². The van der Waals surface area contributed by atoms with Gasteiger partial charge >= 0.3 is 5.97 Å². The molecule has 41 heavy (non-hydrogen) atoms. The number of amides is 1. The molecule has 0 saturated heterocycles. The van der Waals surface area contributed by atoms with Gasteiger partial charge in [0.15, 0.2) is 11.5 Å². The molecule has 0 fully saturated rings. The van der Waals surface area contributed by atoms with Gasteiger partial charge in [0.1, 0.15) is 11.4 Å². The van der Waals surface area contributed by atoms with Crippen LogP contribution in [0.1, 0.15) is 32.0 Å². The smallest absolute Gasteiger partial charge is 0.343 e. The van der Waals surface area contributed by atoms with Crippen molar-refractivity contribution in [2.24, 2.45) is 5.10 Å². The van der Waals surface area contributed by atoms with E-state index < -0.39 is 11.9 Å². The molecule has 1 amide bonds. The maximum atomic E-state index is 13.3. The molecule has 1 aromatic heterocycles. The number of nitrogens with zero attached hydrogens (tertiary/aromatic N) is 1. The zero-order chi connectivity index (χ0) is 28.9. The standard InChI is InChI=1S/C32H26ClN3O5/c1-19-8-14-26-24(16-19)29(23-6-4-5-7-25(23)33)30(35-26)31(37)36-34-18-20-9-15-27(28(17-20)40-3)41-32(38)21-10-12-22(39-2)13-11-21/h4-18,35H,1-3H3,(H,36,37). The largest absolute Gasteiger partial charge is 0.497 e. The van der Waals surface area contributed by atoms with Gasteiger partial charge in [-0.2, -0.15) is 5.10 Å². The molecule has 0 aliphatic carbocycles. The minimum Gasteiger partial charge on any atom is -0.497 e. The topological polar surface area (TPSA) is 102 Å². The molecule has 0 bridgehead atoms. The molecule has 0 atom stereocenters. The van der Waals surface area contributed by atoms with Crippen LogP contribution in [0.3, 0.4) is 0 Å². The number of hydrazone groups is 1. The van der Waals surface area contributed by atoms with Gasteiger partial charge in [-0.1, -0.05) is 41.4 Å². The van der Waals surface area contributed by atoms with E-state index in [0.29, 0.717) is 38.9 Å². The molecule has 0 aliphatic rings. The lowest BCUT2D eigenvalue weighted by molar-refractivity contribution is 0.0729. The van der Waals surface area contributed by atoms with E-state index in [1.54, 1.807) is 55.6 Å². The number of halogens is 1. The summed E-state index contributed by atoms with van der Waals surface area (Å²) in [5, 5.41) is 5.56. The highest BCUT2D eigenvalue weighted by Gasteiger charge is 2.21. The van der Waals surface area contributed by atoms with Gasteiger partial charge in [-0.3, -0.25) is 4.79 Å². The summed E-state index contributed by atoms with van der Waals surface area (Å²) in [7, 11) is 3.02. The molecule has 2 N–H and O–H groups in total. The second kappa shape index (κ2) is 12.0. The number of esters is 1. The van der Waals surface area contributed by atoms with Crippen LogP contribution in [0.25, 0.3) is 22.0 Å². The van der Waals surface area contributed by atoms with Gasteiger partial charge in [0.25, 0.3) is 5.91 Å². The van der Waals surface area contributed by atoms with Crippen molar-refractivity contribution in [1.82, 2.24) is 10.4 Å².